The molecule has 30 heavy (non-hydrogen) atoms. The molecule has 2 heterocycles. The number of nitrogens with zero attached hydrogens (tertiary/aromatic N) is 5. The fourth-order valence-corrected chi connectivity index (χ4v) is 3.37. The molecular weight excluding hydrogens is 380 g/mol. The Labute approximate surface area is 178 Å². The van der Waals surface area contributed by atoms with Gasteiger partial charge in [-0.2, -0.15) is 0 Å². The van der Waals surface area contributed by atoms with Crippen molar-refractivity contribution in [1.82, 2.24) is 20.2 Å². The van der Waals surface area contributed by atoms with Gasteiger partial charge in [0, 0.05) is 58.8 Å². The zero-order chi connectivity index (χ0) is 21.0. The monoisotopic (exact) mass is 412 g/mol. The van der Waals surface area contributed by atoms with Crippen molar-refractivity contribution in [3.8, 4) is 0 Å². The normalized spacial score (nSPS) is 14.8. The summed E-state index contributed by atoms with van der Waals surface area (Å²) in [7, 11) is 1.83. The molecule has 8 nitrogen and oxygen atoms in total. The number of rotatable bonds is 9. The first-order chi connectivity index (χ1) is 14.8. The highest BCUT2D eigenvalue weighted by molar-refractivity contribution is 5.80. The highest BCUT2D eigenvalue weighted by Gasteiger charge is 2.20. The number of ether oxygens (including phenoxy) is 2. The van der Waals surface area contributed by atoms with Gasteiger partial charge in [-0.05, 0) is 24.1 Å². The second-order valence-electron chi connectivity index (χ2n) is 6.99. The molecule has 0 spiro atoms. The number of piperazine rings is 1. The van der Waals surface area contributed by atoms with E-state index in [0.29, 0.717) is 19.8 Å². The van der Waals surface area contributed by atoms with Crippen LogP contribution in [0.1, 0.15) is 18.1 Å². The van der Waals surface area contributed by atoms with Crippen LogP contribution in [0.4, 0.5) is 5.95 Å². The largest absolute Gasteiger partial charge is 0.379 e. The first-order valence-electron chi connectivity index (χ1n) is 10.5. The molecule has 162 valence electrons. The molecule has 1 aliphatic rings. The molecular formula is C22H32N6O2. The third-order valence-electron chi connectivity index (χ3n) is 4.91. The van der Waals surface area contributed by atoms with Crippen molar-refractivity contribution in [1.29, 1.82) is 0 Å². The molecule has 0 amide bonds. The van der Waals surface area contributed by atoms with Crippen molar-refractivity contribution >= 4 is 11.9 Å². The predicted octanol–water partition coefficient (Wildman–Crippen LogP) is 1.93. The maximum atomic E-state index is 5.67. The van der Waals surface area contributed by atoms with Gasteiger partial charge in [0.2, 0.25) is 5.95 Å². The van der Waals surface area contributed by atoms with Crippen LogP contribution < -0.4 is 10.2 Å². The summed E-state index contributed by atoms with van der Waals surface area (Å²) in [5.74, 6) is 1.71. The minimum absolute atomic E-state index is 0.596. The molecule has 3 rings (SSSR count). The molecule has 1 saturated heterocycles. The molecule has 0 bridgehead atoms. The average Bonchev–Trinajstić information content (AvgIpc) is 2.81. The van der Waals surface area contributed by atoms with Crippen LogP contribution >= 0.6 is 0 Å². The van der Waals surface area contributed by atoms with Crippen molar-refractivity contribution < 1.29 is 9.47 Å². The second-order valence-corrected chi connectivity index (χ2v) is 6.99. The molecule has 1 N–H and O–H groups in total. The van der Waals surface area contributed by atoms with Gasteiger partial charge >= 0.3 is 0 Å². The Balaban J connectivity index is 1.45. The molecule has 0 aliphatic carbocycles. The SMILES string of the molecule is CCOCCOCc1cccc(CNC(=NC)N2CCN(c3ncccn3)CC2)c1. The number of aromatic nitrogens is 2. The quantitative estimate of drug-likeness (QED) is 0.383. The number of hydrogen-bond acceptors (Lipinski definition) is 6. The van der Waals surface area contributed by atoms with E-state index in [1.165, 1.54) is 5.56 Å². The Morgan fingerprint density at radius 3 is 2.50 bits per heavy atom. The first-order valence-corrected chi connectivity index (χ1v) is 10.5. The van der Waals surface area contributed by atoms with Gasteiger partial charge in [0.1, 0.15) is 0 Å². The molecule has 1 fully saturated rings. The van der Waals surface area contributed by atoms with Crippen molar-refractivity contribution in [3.63, 3.8) is 0 Å². The third kappa shape index (κ3) is 6.67. The van der Waals surface area contributed by atoms with E-state index in [9.17, 15) is 0 Å². The van der Waals surface area contributed by atoms with Crippen LogP contribution in [-0.4, -0.2) is 73.9 Å². The van der Waals surface area contributed by atoms with Crippen LogP contribution in [0, 0.1) is 0 Å². The predicted molar refractivity (Wildman–Crippen MR) is 119 cm³/mol. The van der Waals surface area contributed by atoms with E-state index in [1.54, 1.807) is 12.4 Å². The number of anilines is 1. The molecule has 1 aromatic carbocycles. The van der Waals surface area contributed by atoms with E-state index >= 15 is 0 Å². The first kappa shape index (κ1) is 22.0. The summed E-state index contributed by atoms with van der Waals surface area (Å²) in [6.45, 7) is 8.79. The lowest BCUT2D eigenvalue weighted by Crippen LogP contribution is -2.52. The number of nitrogens with one attached hydrogen (secondary N) is 1. The minimum Gasteiger partial charge on any atom is -0.379 e. The van der Waals surface area contributed by atoms with Crippen LogP contribution in [0.15, 0.2) is 47.7 Å². The summed E-state index contributed by atoms with van der Waals surface area (Å²) >= 11 is 0. The summed E-state index contributed by atoms with van der Waals surface area (Å²) in [4.78, 5) is 17.6. The van der Waals surface area contributed by atoms with Crippen LogP contribution in [0.2, 0.25) is 0 Å². The third-order valence-corrected chi connectivity index (χ3v) is 4.91. The Hall–Kier alpha value is -2.71. The standard InChI is InChI=1S/C22H32N6O2/c1-3-29-14-15-30-18-20-7-4-6-19(16-20)17-26-21(23-2)27-10-12-28(13-11-27)22-24-8-5-9-25-22/h4-9,16H,3,10-15,17-18H2,1-2H3,(H,23,26). The Morgan fingerprint density at radius 2 is 1.77 bits per heavy atom. The Morgan fingerprint density at radius 1 is 1.03 bits per heavy atom. The average molecular weight is 413 g/mol. The van der Waals surface area contributed by atoms with E-state index in [-0.39, 0.29) is 0 Å². The van der Waals surface area contributed by atoms with Gasteiger partial charge in [0.05, 0.1) is 19.8 Å². The van der Waals surface area contributed by atoms with Crippen LogP contribution in [-0.2, 0) is 22.6 Å². The number of guanidine groups is 1. The fourth-order valence-electron chi connectivity index (χ4n) is 3.37. The Bertz CT molecular complexity index is 778. The molecule has 1 aromatic heterocycles. The van der Waals surface area contributed by atoms with Crippen molar-refractivity contribution in [3.05, 3.63) is 53.9 Å². The molecule has 2 aromatic rings. The number of hydrogen-bond donors (Lipinski definition) is 1. The van der Waals surface area contributed by atoms with Crippen LogP contribution in [0.5, 0.6) is 0 Å². The summed E-state index contributed by atoms with van der Waals surface area (Å²) in [6.07, 6.45) is 3.57. The minimum atomic E-state index is 0.596. The summed E-state index contributed by atoms with van der Waals surface area (Å²) in [5.41, 5.74) is 2.37. The maximum Gasteiger partial charge on any atom is 0.225 e. The van der Waals surface area contributed by atoms with Crippen molar-refractivity contribution in [2.45, 2.75) is 20.1 Å². The molecule has 0 atom stereocenters. The van der Waals surface area contributed by atoms with Gasteiger partial charge in [-0.1, -0.05) is 24.3 Å². The van der Waals surface area contributed by atoms with Gasteiger partial charge < -0.3 is 24.6 Å². The summed E-state index contributed by atoms with van der Waals surface area (Å²) in [6, 6.07) is 10.3. The van der Waals surface area contributed by atoms with Gasteiger partial charge in [-0.25, -0.2) is 9.97 Å². The van der Waals surface area contributed by atoms with Gasteiger partial charge in [0.15, 0.2) is 5.96 Å². The summed E-state index contributed by atoms with van der Waals surface area (Å²) < 4.78 is 11.0. The fraction of sp³-hybridized carbons (Fsp3) is 0.500. The van der Waals surface area contributed by atoms with E-state index in [1.807, 2.05) is 20.0 Å². The topological polar surface area (TPSA) is 75.1 Å². The molecule has 0 saturated carbocycles. The van der Waals surface area contributed by atoms with Gasteiger partial charge in [0.25, 0.3) is 0 Å². The number of benzene rings is 1. The maximum absolute atomic E-state index is 5.67. The molecule has 8 heteroatoms. The highest BCUT2D eigenvalue weighted by atomic mass is 16.5. The van der Waals surface area contributed by atoms with E-state index in [0.717, 1.165) is 56.8 Å². The zero-order valence-electron chi connectivity index (χ0n) is 18.0. The van der Waals surface area contributed by atoms with E-state index in [2.05, 4.69) is 54.3 Å². The lowest BCUT2D eigenvalue weighted by atomic mass is 10.1. The van der Waals surface area contributed by atoms with Crippen molar-refractivity contribution in [2.75, 3.05) is 57.9 Å². The zero-order valence-corrected chi connectivity index (χ0v) is 18.0. The Kier molecular flexibility index (Phi) is 8.86. The lowest BCUT2D eigenvalue weighted by Gasteiger charge is -2.36. The van der Waals surface area contributed by atoms with Gasteiger partial charge in [-0.15, -0.1) is 0 Å². The van der Waals surface area contributed by atoms with Crippen LogP contribution in [0.25, 0.3) is 0 Å². The van der Waals surface area contributed by atoms with Gasteiger partial charge in [-0.3, -0.25) is 4.99 Å². The van der Waals surface area contributed by atoms with E-state index in [4.69, 9.17) is 9.47 Å². The van der Waals surface area contributed by atoms with Crippen LogP contribution in [0.3, 0.4) is 0 Å². The summed E-state index contributed by atoms with van der Waals surface area (Å²) in [5, 5.41) is 3.49. The smallest absolute Gasteiger partial charge is 0.225 e. The molecule has 0 unspecified atom stereocenters. The van der Waals surface area contributed by atoms with Crippen molar-refractivity contribution in [2.24, 2.45) is 4.99 Å². The highest BCUT2D eigenvalue weighted by Crippen LogP contribution is 2.11. The second kappa shape index (κ2) is 12.1. The molecule has 0 radical (unpaired) electrons. The van der Waals surface area contributed by atoms with E-state index < -0.39 is 0 Å². The number of aliphatic imine (C=N–C) groups is 1. The lowest BCUT2D eigenvalue weighted by molar-refractivity contribution is 0.0453. The molecule has 1 aliphatic heterocycles.